The molecule has 1 aromatic heterocycles. The highest BCUT2D eigenvalue weighted by molar-refractivity contribution is 7.89. The van der Waals surface area contributed by atoms with E-state index in [1.54, 1.807) is 12.1 Å². The standard InChI is InChI=1S/C21H24N6O4S/c1-13-4-8-16(9-5-13)23-21-25-18(24-20(22)26-21)12-31-19(28)15(3)27-32(29,30)17-10-6-14(2)7-11-17/h4-11,15,27H,12H2,1-3H3,(H3,22,23,24,25,26)/t15-/m0/s1. The number of benzene rings is 2. The normalized spacial score (nSPS) is 12.2. The molecule has 0 saturated heterocycles. The van der Waals surface area contributed by atoms with E-state index in [9.17, 15) is 13.2 Å². The van der Waals surface area contributed by atoms with Crippen LogP contribution in [0.25, 0.3) is 0 Å². The van der Waals surface area contributed by atoms with Crippen molar-refractivity contribution in [2.45, 2.75) is 38.3 Å². The number of aryl methyl sites for hydroxylation is 2. The van der Waals surface area contributed by atoms with E-state index in [1.807, 2.05) is 38.1 Å². The van der Waals surface area contributed by atoms with Crippen LogP contribution in [0.5, 0.6) is 0 Å². The van der Waals surface area contributed by atoms with Crippen LogP contribution in [0.3, 0.4) is 0 Å². The molecule has 0 saturated carbocycles. The maximum Gasteiger partial charge on any atom is 0.324 e. The first-order valence-electron chi connectivity index (χ1n) is 9.72. The molecule has 0 spiro atoms. The minimum atomic E-state index is -3.88. The van der Waals surface area contributed by atoms with Gasteiger partial charge in [-0.05, 0) is 45.0 Å². The smallest absolute Gasteiger partial charge is 0.324 e. The molecule has 10 nitrogen and oxygen atoms in total. The molecule has 0 amide bonds. The summed E-state index contributed by atoms with van der Waals surface area (Å²) in [6.07, 6.45) is 0. The third kappa shape index (κ3) is 6.22. The molecule has 3 aromatic rings. The molecule has 0 aliphatic carbocycles. The molecule has 2 aromatic carbocycles. The first-order chi connectivity index (χ1) is 15.1. The van der Waals surface area contributed by atoms with Gasteiger partial charge in [-0.2, -0.15) is 19.7 Å². The van der Waals surface area contributed by atoms with Crippen LogP contribution in [0.2, 0.25) is 0 Å². The maximum absolute atomic E-state index is 12.4. The molecule has 1 heterocycles. The second kappa shape index (κ2) is 9.71. The summed E-state index contributed by atoms with van der Waals surface area (Å²) in [5.74, 6) is -0.518. The summed E-state index contributed by atoms with van der Waals surface area (Å²) in [4.78, 5) is 24.5. The summed E-state index contributed by atoms with van der Waals surface area (Å²) in [7, 11) is -3.88. The van der Waals surface area contributed by atoms with E-state index in [4.69, 9.17) is 10.5 Å². The van der Waals surface area contributed by atoms with Crippen molar-refractivity contribution in [3.63, 3.8) is 0 Å². The summed E-state index contributed by atoms with van der Waals surface area (Å²) < 4.78 is 32.3. The second-order valence-corrected chi connectivity index (χ2v) is 8.90. The lowest BCUT2D eigenvalue weighted by Crippen LogP contribution is -2.39. The largest absolute Gasteiger partial charge is 0.456 e. The van der Waals surface area contributed by atoms with Gasteiger partial charge in [0.25, 0.3) is 0 Å². The van der Waals surface area contributed by atoms with Gasteiger partial charge in [0.2, 0.25) is 21.9 Å². The summed E-state index contributed by atoms with van der Waals surface area (Å²) in [6.45, 7) is 4.91. The van der Waals surface area contributed by atoms with E-state index in [-0.39, 0.29) is 29.2 Å². The number of aromatic nitrogens is 3. The number of nitrogens with two attached hydrogens (primary N) is 1. The number of hydrogen-bond acceptors (Lipinski definition) is 9. The second-order valence-electron chi connectivity index (χ2n) is 7.19. The lowest BCUT2D eigenvalue weighted by molar-refractivity contribution is -0.146. The number of nitrogens with zero attached hydrogens (tertiary/aromatic N) is 3. The van der Waals surface area contributed by atoms with E-state index >= 15 is 0 Å². The Morgan fingerprint density at radius 1 is 1.00 bits per heavy atom. The fourth-order valence-electron chi connectivity index (χ4n) is 2.65. The molecule has 0 unspecified atom stereocenters. The first-order valence-corrected chi connectivity index (χ1v) is 11.2. The Morgan fingerprint density at radius 3 is 2.22 bits per heavy atom. The minimum absolute atomic E-state index is 0.0474. The lowest BCUT2D eigenvalue weighted by Gasteiger charge is -2.14. The molecule has 0 radical (unpaired) electrons. The predicted molar refractivity (Wildman–Crippen MR) is 119 cm³/mol. The number of rotatable bonds is 8. The van der Waals surface area contributed by atoms with Crippen molar-refractivity contribution in [2.24, 2.45) is 0 Å². The summed E-state index contributed by atoms with van der Waals surface area (Å²) in [6, 6.07) is 12.7. The van der Waals surface area contributed by atoms with Crippen molar-refractivity contribution in [1.82, 2.24) is 19.7 Å². The number of nitrogens with one attached hydrogen (secondary N) is 2. The van der Waals surface area contributed by atoms with Gasteiger partial charge in [-0.15, -0.1) is 0 Å². The number of nitrogen functional groups attached to an aromatic ring is 1. The van der Waals surface area contributed by atoms with Crippen molar-refractivity contribution < 1.29 is 17.9 Å². The van der Waals surface area contributed by atoms with Crippen molar-refractivity contribution in [3.05, 3.63) is 65.5 Å². The van der Waals surface area contributed by atoms with Crippen molar-refractivity contribution in [1.29, 1.82) is 0 Å². The Bertz CT molecular complexity index is 1200. The number of sulfonamides is 1. The van der Waals surface area contributed by atoms with Crippen LogP contribution < -0.4 is 15.8 Å². The van der Waals surface area contributed by atoms with E-state index in [0.717, 1.165) is 16.8 Å². The van der Waals surface area contributed by atoms with Crippen molar-refractivity contribution in [2.75, 3.05) is 11.1 Å². The van der Waals surface area contributed by atoms with Gasteiger partial charge in [0, 0.05) is 5.69 Å². The lowest BCUT2D eigenvalue weighted by atomic mass is 10.2. The van der Waals surface area contributed by atoms with Crippen LogP contribution in [-0.2, 0) is 26.2 Å². The zero-order valence-corrected chi connectivity index (χ0v) is 18.7. The fourth-order valence-corrected chi connectivity index (χ4v) is 3.84. The van der Waals surface area contributed by atoms with Gasteiger partial charge >= 0.3 is 5.97 Å². The van der Waals surface area contributed by atoms with Gasteiger partial charge in [0.15, 0.2) is 12.4 Å². The number of carbonyl (C=O) groups excluding carboxylic acids is 1. The SMILES string of the molecule is Cc1ccc(Nc2nc(N)nc(COC(=O)[C@H](C)NS(=O)(=O)c3ccc(C)cc3)n2)cc1. The molecule has 1 atom stereocenters. The molecule has 32 heavy (non-hydrogen) atoms. The highest BCUT2D eigenvalue weighted by Crippen LogP contribution is 2.15. The number of esters is 1. The molecular formula is C21H24N6O4S. The van der Waals surface area contributed by atoms with Crippen molar-refractivity contribution in [3.8, 4) is 0 Å². The van der Waals surface area contributed by atoms with Crippen LogP contribution in [0.1, 0.15) is 23.9 Å². The van der Waals surface area contributed by atoms with Gasteiger partial charge in [-0.1, -0.05) is 35.4 Å². The first kappa shape index (κ1) is 23.1. The van der Waals surface area contributed by atoms with E-state index in [1.165, 1.54) is 19.1 Å². The van der Waals surface area contributed by atoms with Crippen LogP contribution >= 0.6 is 0 Å². The number of hydrogen-bond donors (Lipinski definition) is 3. The van der Waals surface area contributed by atoms with E-state index in [2.05, 4.69) is 25.0 Å². The molecule has 0 aliphatic rings. The maximum atomic E-state index is 12.4. The van der Waals surface area contributed by atoms with Gasteiger partial charge in [-0.3, -0.25) is 4.79 Å². The van der Waals surface area contributed by atoms with Crippen LogP contribution in [0.15, 0.2) is 53.4 Å². The Hall–Kier alpha value is -3.57. The zero-order chi connectivity index (χ0) is 23.3. The monoisotopic (exact) mass is 456 g/mol. The Morgan fingerprint density at radius 2 is 1.59 bits per heavy atom. The molecular weight excluding hydrogens is 432 g/mol. The molecule has 0 aliphatic heterocycles. The summed E-state index contributed by atoms with van der Waals surface area (Å²) in [5, 5.41) is 3.00. The Kier molecular flexibility index (Phi) is 7.01. The molecule has 168 valence electrons. The number of anilines is 3. The molecule has 0 fully saturated rings. The minimum Gasteiger partial charge on any atom is -0.456 e. The predicted octanol–water partition coefficient (Wildman–Crippen LogP) is 2.22. The van der Waals surface area contributed by atoms with Gasteiger partial charge in [0.05, 0.1) is 4.90 Å². The molecule has 0 bridgehead atoms. The van der Waals surface area contributed by atoms with Crippen LogP contribution in [0.4, 0.5) is 17.6 Å². The van der Waals surface area contributed by atoms with Gasteiger partial charge < -0.3 is 15.8 Å². The summed E-state index contributed by atoms with van der Waals surface area (Å²) >= 11 is 0. The average Bonchev–Trinajstić information content (AvgIpc) is 2.73. The molecule has 11 heteroatoms. The fraction of sp³-hybridized carbons (Fsp3) is 0.238. The quantitative estimate of drug-likeness (QED) is 0.434. The highest BCUT2D eigenvalue weighted by atomic mass is 32.2. The summed E-state index contributed by atoms with van der Waals surface area (Å²) in [5.41, 5.74) is 8.50. The molecule has 3 rings (SSSR count). The number of ether oxygens (including phenoxy) is 1. The van der Waals surface area contributed by atoms with Gasteiger partial charge in [0.1, 0.15) is 6.04 Å². The van der Waals surface area contributed by atoms with E-state index in [0.29, 0.717) is 0 Å². The van der Waals surface area contributed by atoms with Crippen LogP contribution in [-0.4, -0.2) is 35.4 Å². The Labute approximate surface area is 186 Å². The molecule has 4 N–H and O–H groups in total. The Balaban J connectivity index is 1.61. The number of carbonyl (C=O) groups is 1. The van der Waals surface area contributed by atoms with Crippen LogP contribution in [0, 0.1) is 13.8 Å². The third-order valence-corrected chi connectivity index (χ3v) is 5.92. The van der Waals surface area contributed by atoms with Crippen molar-refractivity contribution >= 4 is 33.6 Å². The third-order valence-electron chi connectivity index (χ3n) is 4.37. The topological polar surface area (TPSA) is 149 Å². The van der Waals surface area contributed by atoms with Gasteiger partial charge in [-0.25, -0.2) is 8.42 Å². The highest BCUT2D eigenvalue weighted by Gasteiger charge is 2.23. The average molecular weight is 457 g/mol. The van der Waals surface area contributed by atoms with E-state index < -0.39 is 22.0 Å². The zero-order valence-electron chi connectivity index (χ0n) is 17.9.